The van der Waals surface area contributed by atoms with Gasteiger partial charge >= 0.3 is 0 Å². The molecule has 0 heterocycles. The quantitative estimate of drug-likeness (QED) is 0.560. The number of hydrogen-bond acceptors (Lipinski definition) is 2. The minimum Gasteiger partial charge on any atom is -0.381 e. The van der Waals surface area contributed by atoms with Crippen molar-refractivity contribution >= 4 is 0 Å². The van der Waals surface area contributed by atoms with Crippen LogP contribution in [0.3, 0.4) is 0 Å². The molecule has 0 bridgehead atoms. The molecule has 1 unspecified atom stereocenters. The highest BCUT2D eigenvalue weighted by molar-refractivity contribution is 4.59. The van der Waals surface area contributed by atoms with E-state index in [1.54, 1.807) is 0 Å². The zero-order chi connectivity index (χ0) is 9.94. The van der Waals surface area contributed by atoms with E-state index in [4.69, 9.17) is 4.74 Å². The third-order valence-corrected chi connectivity index (χ3v) is 2.02. The Morgan fingerprint density at radius 1 is 1.15 bits per heavy atom. The molecule has 0 aliphatic carbocycles. The lowest BCUT2D eigenvalue weighted by Crippen LogP contribution is -2.26. The lowest BCUT2D eigenvalue weighted by molar-refractivity contribution is 0.129. The van der Waals surface area contributed by atoms with Crippen molar-refractivity contribution in [3.05, 3.63) is 0 Å². The first-order valence-electron chi connectivity index (χ1n) is 5.62. The molecule has 2 nitrogen and oxygen atoms in total. The Morgan fingerprint density at radius 2 is 1.92 bits per heavy atom. The standard InChI is InChI=1S/C11H25NO/c1-4-8-12-11(3)7-6-10-13-9-5-2/h11-12H,4-10H2,1-3H3. The summed E-state index contributed by atoms with van der Waals surface area (Å²) in [6.07, 6.45) is 4.75. The van der Waals surface area contributed by atoms with Crippen molar-refractivity contribution in [2.24, 2.45) is 0 Å². The molecule has 1 N–H and O–H groups in total. The van der Waals surface area contributed by atoms with E-state index in [0.29, 0.717) is 6.04 Å². The van der Waals surface area contributed by atoms with E-state index in [0.717, 1.165) is 26.2 Å². The topological polar surface area (TPSA) is 21.3 Å². The molecule has 1 atom stereocenters. The van der Waals surface area contributed by atoms with E-state index in [9.17, 15) is 0 Å². The van der Waals surface area contributed by atoms with Gasteiger partial charge in [-0.05, 0) is 39.2 Å². The fourth-order valence-electron chi connectivity index (χ4n) is 1.23. The van der Waals surface area contributed by atoms with Gasteiger partial charge in [-0.25, -0.2) is 0 Å². The van der Waals surface area contributed by atoms with Gasteiger partial charge in [-0.15, -0.1) is 0 Å². The highest BCUT2D eigenvalue weighted by atomic mass is 16.5. The van der Waals surface area contributed by atoms with Gasteiger partial charge in [0.25, 0.3) is 0 Å². The summed E-state index contributed by atoms with van der Waals surface area (Å²) in [4.78, 5) is 0. The van der Waals surface area contributed by atoms with E-state index < -0.39 is 0 Å². The second-order valence-corrected chi connectivity index (χ2v) is 3.61. The number of ether oxygens (including phenoxy) is 1. The van der Waals surface area contributed by atoms with E-state index in [1.807, 2.05) is 0 Å². The Kier molecular flexibility index (Phi) is 9.94. The summed E-state index contributed by atoms with van der Waals surface area (Å²) in [5.41, 5.74) is 0. The Hall–Kier alpha value is -0.0800. The minimum absolute atomic E-state index is 0.644. The summed E-state index contributed by atoms with van der Waals surface area (Å²) in [5, 5.41) is 3.47. The SMILES string of the molecule is CCCNC(C)CCCOCCC. The molecule has 0 radical (unpaired) electrons. The first-order chi connectivity index (χ1) is 6.31. The average Bonchev–Trinajstić information content (AvgIpc) is 2.14. The van der Waals surface area contributed by atoms with Crippen LogP contribution in [0.1, 0.15) is 46.5 Å². The van der Waals surface area contributed by atoms with Crippen molar-refractivity contribution < 1.29 is 4.74 Å². The van der Waals surface area contributed by atoms with Crippen LogP contribution < -0.4 is 5.32 Å². The molecule has 0 fully saturated rings. The molecule has 0 aliphatic heterocycles. The summed E-state index contributed by atoms with van der Waals surface area (Å²) < 4.78 is 5.41. The second kappa shape index (κ2) is 10.0. The van der Waals surface area contributed by atoms with Crippen molar-refractivity contribution in [2.75, 3.05) is 19.8 Å². The molecule has 0 saturated carbocycles. The monoisotopic (exact) mass is 187 g/mol. The molecule has 0 saturated heterocycles. The van der Waals surface area contributed by atoms with Crippen LogP contribution in [-0.4, -0.2) is 25.8 Å². The van der Waals surface area contributed by atoms with Crippen LogP contribution in [0.5, 0.6) is 0 Å². The van der Waals surface area contributed by atoms with Gasteiger partial charge in [0, 0.05) is 19.3 Å². The molecule has 0 spiro atoms. The molecule has 13 heavy (non-hydrogen) atoms. The fourth-order valence-corrected chi connectivity index (χ4v) is 1.23. The predicted octanol–water partition coefficient (Wildman–Crippen LogP) is 2.58. The first kappa shape index (κ1) is 12.9. The van der Waals surface area contributed by atoms with Crippen LogP contribution in [0.25, 0.3) is 0 Å². The molecular formula is C11H25NO. The molecule has 0 rings (SSSR count). The summed E-state index contributed by atoms with van der Waals surface area (Å²) >= 11 is 0. The van der Waals surface area contributed by atoms with Gasteiger partial charge in [0.2, 0.25) is 0 Å². The predicted molar refractivity (Wildman–Crippen MR) is 58.1 cm³/mol. The van der Waals surface area contributed by atoms with Crippen molar-refractivity contribution in [2.45, 2.75) is 52.5 Å². The van der Waals surface area contributed by atoms with Gasteiger partial charge in [0.15, 0.2) is 0 Å². The number of hydrogen-bond donors (Lipinski definition) is 1. The van der Waals surface area contributed by atoms with Gasteiger partial charge in [-0.1, -0.05) is 13.8 Å². The first-order valence-corrected chi connectivity index (χ1v) is 5.62. The average molecular weight is 187 g/mol. The van der Waals surface area contributed by atoms with Crippen LogP contribution in [-0.2, 0) is 4.74 Å². The zero-order valence-corrected chi connectivity index (χ0v) is 9.44. The lowest BCUT2D eigenvalue weighted by atomic mass is 10.2. The van der Waals surface area contributed by atoms with Gasteiger partial charge < -0.3 is 10.1 Å². The van der Waals surface area contributed by atoms with E-state index in [2.05, 4.69) is 26.1 Å². The van der Waals surface area contributed by atoms with Crippen LogP contribution in [0.2, 0.25) is 0 Å². The Balaban J connectivity index is 3.03. The third kappa shape index (κ3) is 9.84. The summed E-state index contributed by atoms with van der Waals surface area (Å²) in [5.74, 6) is 0. The van der Waals surface area contributed by atoms with Crippen molar-refractivity contribution in [3.63, 3.8) is 0 Å². The smallest absolute Gasteiger partial charge is 0.0466 e. The van der Waals surface area contributed by atoms with Crippen LogP contribution in [0.15, 0.2) is 0 Å². The number of rotatable bonds is 9. The largest absolute Gasteiger partial charge is 0.381 e. The normalized spacial score (nSPS) is 13.2. The van der Waals surface area contributed by atoms with Gasteiger partial charge in [-0.3, -0.25) is 0 Å². The van der Waals surface area contributed by atoms with Gasteiger partial charge in [-0.2, -0.15) is 0 Å². The third-order valence-electron chi connectivity index (χ3n) is 2.02. The molecule has 0 aromatic rings. The second-order valence-electron chi connectivity index (χ2n) is 3.61. The van der Waals surface area contributed by atoms with Crippen LogP contribution in [0, 0.1) is 0 Å². The molecule has 0 aromatic carbocycles. The van der Waals surface area contributed by atoms with Gasteiger partial charge in [0.1, 0.15) is 0 Å². The Morgan fingerprint density at radius 3 is 2.54 bits per heavy atom. The minimum atomic E-state index is 0.644. The van der Waals surface area contributed by atoms with Crippen molar-refractivity contribution in [1.29, 1.82) is 0 Å². The van der Waals surface area contributed by atoms with Crippen molar-refractivity contribution in [1.82, 2.24) is 5.32 Å². The maximum Gasteiger partial charge on any atom is 0.0466 e. The van der Waals surface area contributed by atoms with Crippen molar-refractivity contribution in [3.8, 4) is 0 Å². The maximum atomic E-state index is 5.41. The highest BCUT2D eigenvalue weighted by Gasteiger charge is 1.98. The van der Waals surface area contributed by atoms with Gasteiger partial charge in [0.05, 0.1) is 0 Å². The lowest BCUT2D eigenvalue weighted by Gasteiger charge is -2.12. The molecule has 0 amide bonds. The maximum absolute atomic E-state index is 5.41. The zero-order valence-electron chi connectivity index (χ0n) is 9.44. The highest BCUT2D eigenvalue weighted by Crippen LogP contribution is 1.97. The molecule has 80 valence electrons. The van der Waals surface area contributed by atoms with E-state index >= 15 is 0 Å². The Labute approximate surface area is 83.1 Å². The van der Waals surface area contributed by atoms with Crippen LogP contribution in [0.4, 0.5) is 0 Å². The Bertz CT molecular complexity index is 96.1. The summed E-state index contributed by atoms with van der Waals surface area (Å²) in [6.45, 7) is 9.56. The molecule has 2 heteroatoms. The molecule has 0 aromatic heterocycles. The summed E-state index contributed by atoms with van der Waals surface area (Å²) in [6, 6.07) is 0.644. The molecule has 0 aliphatic rings. The van der Waals surface area contributed by atoms with Crippen LogP contribution >= 0.6 is 0 Å². The summed E-state index contributed by atoms with van der Waals surface area (Å²) in [7, 11) is 0. The molecular weight excluding hydrogens is 162 g/mol. The fraction of sp³-hybridized carbons (Fsp3) is 1.00. The van der Waals surface area contributed by atoms with E-state index in [-0.39, 0.29) is 0 Å². The number of nitrogens with one attached hydrogen (secondary N) is 1. The van der Waals surface area contributed by atoms with E-state index in [1.165, 1.54) is 19.3 Å².